The molecule has 0 aromatic rings. The van der Waals surface area contributed by atoms with Crippen LogP contribution in [0.3, 0.4) is 0 Å². The summed E-state index contributed by atoms with van der Waals surface area (Å²) in [6.07, 6.45) is 6.04. The highest BCUT2D eigenvalue weighted by Gasteiger charge is 2.22. The second-order valence-corrected chi connectivity index (χ2v) is 5.41. The Labute approximate surface area is 108 Å². The summed E-state index contributed by atoms with van der Waals surface area (Å²) in [5, 5.41) is 14.1. The van der Waals surface area contributed by atoms with Gasteiger partial charge < -0.3 is 15.7 Å². The maximum absolute atomic E-state index is 11.5. The molecule has 5 heteroatoms. The molecule has 0 aliphatic rings. The number of aliphatic carboxylic acids is 1. The standard InChI is InChI=1S/C13H22N2O3/c1-5-6-7-14-12(18)15-10(8-11(16)17)9-13(2,3)4/h1,10H,6-9H2,2-4H3,(H,16,17)(H2,14,15,18). The molecule has 0 spiro atoms. The highest BCUT2D eigenvalue weighted by molar-refractivity contribution is 5.75. The summed E-state index contributed by atoms with van der Waals surface area (Å²) in [6.45, 7) is 6.39. The zero-order valence-corrected chi connectivity index (χ0v) is 11.2. The van der Waals surface area contributed by atoms with Crippen molar-refractivity contribution in [2.75, 3.05) is 6.54 Å². The van der Waals surface area contributed by atoms with E-state index in [1.165, 1.54) is 0 Å². The van der Waals surface area contributed by atoms with Crippen LogP contribution in [0.1, 0.15) is 40.0 Å². The van der Waals surface area contributed by atoms with Crippen molar-refractivity contribution in [1.29, 1.82) is 0 Å². The maximum Gasteiger partial charge on any atom is 0.315 e. The molecule has 0 bridgehead atoms. The average Bonchev–Trinajstić information content (AvgIpc) is 2.13. The Kier molecular flexibility index (Phi) is 6.88. The first-order chi connectivity index (χ1) is 8.24. The van der Waals surface area contributed by atoms with Crippen LogP contribution in [0, 0.1) is 17.8 Å². The molecular weight excluding hydrogens is 232 g/mol. The Balaban J connectivity index is 4.27. The summed E-state index contributed by atoms with van der Waals surface area (Å²) in [6, 6.07) is -0.755. The molecule has 0 saturated carbocycles. The van der Waals surface area contributed by atoms with Crippen LogP contribution in [0.15, 0.2) is 0 Å². The van der Waals surface area contributed by atoms with Crippen molar-refractivity contribution in [3.63, 3.8) is 0 Å². The SMILES string of the molecule is C#CCCNC(=O)NC(CC(=O)O)CC(C)(C)C. The van der Waals surface area contributed by atoms with E-state index >= 15 is 0 Å². The average molecular weight is 254 g/mol. The summed E-state index contributed by atoms with van der Waals surface area (Å²) in [5.74, 6) is 1.49. The van der Waals surface area contributed by atoms with E-state index in [4.69, 9.17) is 11.5 Å². The molecule has 0 radical (unpaired) electrons. The van der Waals surface area contributed by atoms with Crippen molar-refractivity contribution in [3.8, 4) is 12.3 Å². The Morgan fingerprint density at radius 3 is 2.44 bits per heavy atom. The number of nitrogens with one attached hydrogen (secondary N) is 2. The van der Waals surface area contributed by atoms with Crippen LogP contribution in [0.25, 0.3) is 0 Å². The van der Waals surface area contributed by atoms with E-state index < -0.39 is 5.97 Å². The molecule has 0 aromatic carbocycles. The van der Waals surface area contributed by atoms with Gasteiger partial charge in [0.25, 0.3) is 0 Å². The van der Waals surface area contributed by atoms with Gasteiger partial charge in [-0.2, -0.15) is 0 Å². The van der Waals surface area contributed by atoms with E-state index in [1.807, 2.05) is 20.8 Å². The zero-order chi connectivity index (χ0) is 14.2. The first-order valence-electron chi connectivity index (χ1n) is 5.94. The molecule has 5 nitrogen and oxygen atoms in total. The second-order valence-electron chi connectivity index (χ2n) is 5.41. The molecule has 0 aliphatic carbocycles. The van der Waals surface area contributed by atoms with Gasteiger partial charge >= 0.3 is 12.0 Å². The molecule has 0 aliphatic heterocycles. The number of carboxylic acid groups (broad SMARTS) is 1. The minimum Gasteiger partial charge on any atom is -0.481 e. The van der Waals surface area contributed by atoms with Gasteiger partial charge in [0.15, 0.2) is 0 Å². The highest BCUT2D eigenvalue weighted by Crippen LogP contribution is 2.22. The minimum atomic E-state index is -0.923. The van der Waals surface area contributed by atoms with Crippen LogP contribution in [-0.4, -0.2) is 29.7 Å². The minimum absolute atomic E-state index is 0.0494. The number of rotatable bonds is 6. The lowest BCUT2D eigenvalue weighted by atomic mass is 9.87. The lowest BCUT2D eigenvalue weighted by Crippen LogP contribution is -2.44. The van der Waals surface area contributed by atoms with Crippen LogP contribution in [0.2, 0.25) is 0 Å². The number of urea groups is 1. The van der Waals surface area contributed by atoms with Crippen LogP contribution >= 0.6 is 0 Å². The Bertz CT molecular complexity index is 326. The van der Waals surface area contributed by atoms with E-state index in [1.54, 1.807) is 0 Å². The van der Waals surface area contributed by atoms with Crippen molar-refractivity contribution in [2.24, 2.45) is 5.41 Å². The number of carboxylic acids is 1. The number of hydrogen-bond acceptors (Lipinski definition) is 2. The van der Waals surface area contributed by atoms with E-state index in [0.29, 0.717) is 19.4 Å². The number of terminal acetylenes is 1. The molecule has 18 heavy (non-hydrogen) atoms. The summed E-state index contributed by atoms with van der Waals surface area (Å²) >= 11 is 0. The largest absolute Gasteiger partial charge is 0.481 e. The maximum atomic E-state index is 11.5. The van der Waals surface area contributed by atoms with Gasteiger partial charge in [0.1, 0.15) is 0 Å². The van der Waals surface area contributed by atoms with E-state index in [-0.39, 0.29) is 23.9 Å². The quantitative estimate of drug-likeness (QED) is 0.497. The Morgan fingerprint density at radius 2 is 2.00 bits per heavy atom. The predicted molar refractivity (Wildman–Crippen MR) is 70.1 cm³/mol. The van der Waals surface area contributed by atoms with Crippen molar-refractivity contribution in [3.05, 3.63) is 0 Å². The third-order valence-corrected chi connectivity index (χ3v) is 2.17. The van der Waals surface area contributed by atoms with E-state index in [2.05, 4.69) is 16.6 Å². The van der Waals surface area contributed by atoms with Gasteiger partial charge in [-0.1, -0.05) is 20.8 Å². The van der Waals surface area contributed by atoms with Gasteiger partial charge in [0.2, 0.25) is 0 Å². The second kappa shape index (κ2) is 7.59. The fourth-order valence-electron chi connectivity index (χ4n) is 1.61. The van der Waals surface area contributed by atoms with Crippen molar-refractivity contribution in [1.82, 2.24) is 10.6 Å². The fourth-order valence-corrected chi connectivity index (χ4v) is 1.61. The van der Waals surface area contributed by atoms with Crippen molar-refractivity contribution in [2.45, 2.75) is 46.1 Å². The number of hydrogen-bond donors (Lipinski definition) is 3. The van der Waals surface area contributed by atoms with Gasteiger partial charge in [0.05, 0.1) is 6.42 Å². The first kappa shape index (κ1) is 16.3. The van der Waals surface area contributed by atoms with Crippen LogP contribution in [0.4, 0.5) is 4.79 Å². The lowest BCUT2D eigenvalue weighted by Gasteiger charge is -2.25. The third-order valence-electron chi connectivity index (χ3n) is 2.17. The molecule has 0 saturated heterocycles. The van der Waals surface area contributed by atoms with Gasteiger partial charge in [0, 0.05) is 19.0 Å². The summed E-state index contributed by atoms with van der Waals surface area (Å²) < 4.78 is 0. The molecule has 0 rings (SSSR count). The summed E-state index contributed by atoms with van der Waals surface area (Å²) in [5.41, 5.74) is -0.0494. The normalized spacial score (nSPS) is 12.3. The van der Waals surface area contributed by atoms with Gasteiger partial charge in [-0.3, -0.25) is 4.79 Å². The van der Waals surface area contributed by atoms with Crippen molar-refractivity contribution < 1.29 is 14.7 Å². The zero-order valence-electron chi connectivity index (χ0n) is 11.2. The van der Waals surface area contributed by atoms with Crippen LogP contribution in [-0.2, 0) is 4.79 Å². The number of carbonyl (C=O) groups excluding carboxylic acids is 1. The number of carbonyl (C=O) groups is 2. The molecule has 0 fully saturated rings. The van der Waals surface area contributed by atoms with Gasteiger partial charge in [-0.25, -0.2) is 4.79 Å². The van der Waals surface area contributed by atoms with E-state index in [9.17, 15) is 9.59 Å². The Morgan fingerprint density at radius 1 is 1.39 bits per heavy atom. The number of amides is 2. The van der Waals surface area contributed by atoms with Crippen molar-refractivity contribution >= 4 is 12.0 Å². The molecule has 0 aromatic heterocycles. The summed E-state index contributed by atoms with van der Waals surface area (Å²) in [4.78, 5) is 22.3. The molecule has 1 atom stereocenters. The molecule has 2 amide bonds. The lowest BCUT2D eigenvalue weighted by molar-refractivity contribution is -0.137. The molecule has 102 valence electrons. The van der Waals surface area contributed by atoms with Crippen LogP contribution in [0.5, 0.6) is 0 Å². The van der Waals surface area contributed by atoms with Gasteiger partial charge in [-0.05, 0) is 11.8 Å². The molecule has 0 heterocycles. The monoisotopic (exact) mass is 254 g/mol. The van der Waals surface area contributed by atoms with Gasteiger partial charge in [-0.15, -0.1) is 12.3 Å². The topological polar surface area (TPSA) is 78.4 Å². The molecule has 3 N–H and O–H groups in total. The van der Waals surface area contributed by atoms with E-state index in [0.717, 1.165) is 0 Å². The Hall–Kier alpha value is -1.70. The third kappa shape index (κ3) is 9.52. The molecular formula is C13H22N2O3. The fraction of sp³-hybridized carbons (Fsp3) is 0.692. The predicted octanol–water partition coefficient (Wildman–Crippen LogP) is 1.59. The highest BCUT2D eigenvalue weighted by atomic mass is 16.4. The first-order valence-corrected chi connectivity index (χ1v) is 5.94. The smallest absolute Gasteiger partial charge is 0.315 e. The summed E-state index contributed by atoms with van der Waals surface area (Å²) in [7, 11) is 0. The van der Waals surface area contributed by atoms with Crippen LogP contribution < -0.4 is 10.6 Å². The molecule has 1 unspecified atom stereocenters.